The van der Waals surface area contributed by atoms with Gasteiger partial charge in [-0.05, 0) is 72.8 Å². The molecule has 3 amide bonds. The molecule has 0 atom stereocenters. The average molecular weight is 570 g/mol. The van der Waals surface area contributed by atoms with Gasteiger partial charge in [0.1, 0.15) is 10.6 Å². The average Bonchev–Trinajstić information content (AvgIpc) is 3.15. The van der Waals surface area contributed by atoms with Gasteiger partial charge in [-0.3, -0.25) is 14.4 Å². The first-order valence-electron chi connectivity index (χ1n) is 11.3. The molecule has 0 aromatic heterocycles. The summed E-state index contributed by atoms with van der Waals surface area (Å²) in [5.74, 6) is -1.03. The summed E-state index contributed by atoms with van der Waals surface area (Å²) in [6, 6.07) is 32.3. The van der Waals surface area contributed by atoms with Crippen molar-refractivity contribution < 1.29 is 14.4 Å². The van der Waals surface area contributed by atoms with E-state index in [0.29, 0.717) is 22.6 Å². The Morgan fingerprint density at radius 1 is 0.703 bits per heavy atom. The summed E-state index contributed by atoms with van der Waals surface area (Å²) in [5, 5.41) is 6.01. The first-order chi connectivity index (χ1) is 18.0. The highest BCUT2D eigenvalue weighted by atomic mass is 79.9. The minimum Gasteiger partial charge on any atom is -0.350 e. The molecule has 0 bridgehead atoms. The first kappa shape index (κ1) is 24.5. The Morgan fingerprint density at radius 3 is 1.95 bits per heavy atom. The van der Waals surface area contributed by atoms with Crippen LogP contribution in [0.15, 0.2) is 129 Å². The molecular formula is C29H20BrN3O3S. The van der Waals surface area contributed by atoms with Crippen LogP contribution < -0.4 is 15.5 Å². The van der Waals surface area contributed by atoms with E-state index in [2.05, 4.69) is 26.6 Å². The number of rotatable bonds is 7. The number of hydrogen-bond acceptors (Lipinski definition) is 5. The smallest absolute Gasteiger partial charge is 0.283 e. The lowest BCUT2D eigenvalue weighted by molar-refractivity contribution is -0.120. The second-order valence-electron chi connectivity index (χ2n) is 8.06. The topological polar surface area (TPSA) is 78.5 Å². The van der Waals surface area contributed by atoms with Crippen LogP contribution in [0.4, 0.5) is 17.1 Å². The van der Waals surface area contributed by atoms with Crippen LogP contribution >= 0.6 is 27.7 Å². The third kappa shape index (κ3) is 5.50. The van der Waals surface area contributed by atoms with Crippen molar-refractivity contribution in [2.24, 2.45) is 0 Å². The van der Waals surface area contributed by atoms with E-state index in [1.54, 1.807) is 72.8 Å². The highest BCUT2D eigenvalue weighted by molar-refractivity contribution is 9.10. The molecule has 0 saturated heterocycles. The van der Waals surface area contributed by atoms with Crippen molar-refractivity contribution in [1.82, 2.24) is 0 Å². The Hall–Kier alpha value is -4.14. The summed E-state index contributed by atoms with van der Waals surface area (Å²) in [6.45, 7) is 0. The number of thioether (sulfide) groups is 1. The number of benzene rings is 4. The lowest BCUT2D eigenvalue weighted by Crippen LogP contribution is -2.32. The predicted molar refractivity (Wildman–Crippen MR) is 150 cm³/mol. The number of carbonyl (C=O) groups excluding carboxylic acids is 3. The van der Waals surface area contributed by atoms with Gasteiger partial charge >= 0.3 is 0 Å². The summed E-state index contributed by atoms with van der Waals surface area (Å²) in [5.41, 5.74) is 2.59. The molecule has 182 valence electrons. The van der Waals surface area contributed by atoms with E-state index < -0.39 is 11.8 Å². The van der Waals surface area contributed by atoms with Crippen LogP contribution in [0, 0.1) is 0 Å². The van der Waals surface area contributed by atoms with Crippen LogP contribution in [0.25, 0.3) is 0 Å². The van der Waals surface area contributed by atoms with Gasteiger partial charge in [0.25, 0.3) is 17.7 Å². The predicted octanol–water partition coefficient (Wildman–Crippen LogP) is 6.69. The van der Waals surface area contributed by atoms with Gasteiger partial charge in [0, 0.05) is 26.3 Å². The Morgan fingerprint density at radius 2 is 1.30 bits per heavy atom. The van der Waals surface area contributed by atoms with Gasteiger partial charge in [-0.2, -0.15) is 0 Å². The lowest BCUT2D eigenvalue weighted by Gasteiger charge is -2.15. The highest BCUT2D eigenvalue weighted by Gasteiger charge is 2.40. The van der Waals surface area contributed by atoms with E-state index in [1.807, 2.05) is 36.4 Å². The van der Waals surface area contributed by atoms with E-state index in [9.17, 15) is 14.4 Å². The Balaban J connectivity index is 1.40. The number of carbonyl (C=O) groups is 3. The van der Waals surface area contributed by atoms with Crippen molar-refractivity contribution in [2.75, 3.05) is 15.5 Å². The van der Waals surface area contributed by atoms with Crippen LogP contribution in [0.5, 0.6) is 0 Å². The lowest BCUT2D eigenvalue weighted by atomic mass is 10.2. The zero-order valence-electron chi connectivity index (χ0n) is 19.4. The van der Waals surface area contributed by atoms with E-state index in [1.165, 1.54) is 16.7 Å². The molecule has 2 N–H and O–H groups in total. The van der Waals surface area contributed by atoms with Gasteiger partial charge in [-0.25, -0.2) is 4.90 Å². The maximum absolute atomic E-state index is 13.5. The fourth-order valence-electron chi connectivity index (χ4n) is 3.72. The molecule has 6 nitrogen and oxygen atoms in total. The Labute approximate surface area is 226 Å². The molecule has 0 unspecified atom stereocenters. The number of hydrogen-bond donors (Lipinski definition) is 2. The SMILES string of the molecule is O=C(Nc1ccc(SC2=C(Nc3ccc(Br)cc3)C(=O)N(c3ccccc3)C2=O)cc1)c1ccccc1. The van der Waals surface area contributed by atoms with Crippen molar-refractivity contribution in [1.29, 1.82) is 0 Å². The van der Waals surface area contributed by atoms with Gasteiger partial charge in [-0.1, -0.05) is 64.1 Å². The minimum atomic E-state index is -0.423. The summed E-state index contributed by atoms with van der Waals surface area (Å²) >= 11 is 4.61. The minimum absolute atomic E-state index is 0.209. The zero-order valence-corrected chi connectivity index (χ0v) is 21.8. The number of nitrogens with zero attached hydrogens (tertiary/aromatic N) is 1. The maximum Gasteiger partial charge on any atom is 0.283 e. The summed E-state index contributed by atoms with van der Waals surface area (Å²) in [4.78, 5) is 41.5. The van der Waals surface area contributed by atoms with Crippen LogP contribution in [-0.4, -0.2) is 17.7 Å². The molecule has 8 heteroatoms. The molecule has 1 heterocycles. The third-order valence-electron chi connectivity index (χ3n) is 5.54. The van der Waals surface area contributed by atoms with Gasteiger partial charge in [0.2, 0.25) is 0 Å². The molecule has 4 aromatic rings. The zero-order chi connectivity index (χ0) is 25.8. The molecule has 0 saturated carbocycles. The molecule has 5 rings (SSSR count). The number of halogens is 1. The van der Waals surface area contributed by atoms with Crippen LogP contribution in [0.3, 0.4) is 0 Å². The summed E-state index contributed by atoms with van der Waals surface area (Å²) < 4.78 is 0.904. The Bertz CT molecular complexity index is 1490. The van der Waals surface area contributed by atoms with Gasteiger partial charge < -0.3 is 10.6 Å². The molecule has 1 aliphatic rings. The largest absolute Gasteiger partial charge is 0.350 e. The van der Waals surface area contributed by atoms with Crippen molar-refractivity contribution in [3.05, 3.63) is 130 Å². The number of amides is 3. The van der Waals surface area contributed by atoms with Crippen LogP contribution in [0.1, 0.15) is 10.4 Å². The normalized spacial score (nSPS) is 13.2. The molecule has 0 radical (unpaired) electrons. The second-order valence-corrected chi connectivity index (χ2v) is 10.1. The number of para-hydroxylation sites is 1. The first-order valence-corrected chi connectivity index (χ1v) is 13.0. The quantitative estimate of drug-likeness (QED) is 0.242. The molecule has 1 aliphatic heterocycles. The highest BCUT2D eigenvalue weighted by Crippen LogP contribution is 2.38. The van der Waals surface area contributed by atoms with Crippen LogP contribution in [-0.2, 0) is 9.59 Å². The fourth-order valence-corrected chi connectivity index (χ4v) is 4.91. The van der Waals surface area contributed by atoms with Crippen molar-refractivity contribution >= 4 is 62.5 Å². The van der Waals surface area contributed by atoms with E-state index in [0.717, 1.165) is 9.37 Å². The number of anilines is 3. The molecule has 0 spiro atoms. The molecule has 0 aliphatic carbocycles. The van der Waals surface area contributed by atoms with E-state index in [-0.39, 0.29) is 16.5 Å². The van der Waals surface area contributed by atoms with E-state index in [4.69, 9.17) is 0 Å². The van der Waals surface area contributed by atoms with E-state index >= 15 is 0 Å². The fraction of sp³-hybridized carbons (Fsp3) is 0. The monoisotopic (exact) mass is 569 g/mol. The molecular weight excluding hydrogens is 550 g/mol. The second kappa shape index (κ2) is 10.9. The third-order valence-corrected chi connectivity index (χ3v) is 7.16. The summed E-state index contributed by atoms with van der Waals surface area (Å²) in [7, 11) is 0. The Kier molecular flexibility index (Phi) is 7.20. The molecule has 4 aromatic carbocycles. The molecule has 37 heavy (non-hydrogen) atoms. The van der Waals surface area contributed by atoms with Crippen molar-refractivity contribution in [3.8, 4) is 0 Å². The summed E-state index contributed by atoms with van der Waals surface area (Å²) in [6.07, 6.45) is 0. The van der Waals surface area contributed by atoms with Gasteiger partial charge in [-0.15, -0.1) is 0 Å². The maximum atomic E-state index is 13.5. The van der Waals surface area contributed by atoms with Crippen molar-refractivity contribution in [3.63, 3.8) is 0 Å². The molecule has 0 fully saturated rings. The van der Waals surface area contributed by atoms with Gasteiger partial charge in [0.05, 0.1) is 5.69 Å². The van der Waals surface area contributed by atoms with Crippen LogP contribution in [0.2, 0.25) is 0 Å². The standard InChI is InChI=1S/C29H20BrN3O3S/c30-20-11-13-21(14-12-20)31-25-26(29(36)33(28(25)35)23-9-5-2-6-10-23)37-24-17-15-22(16-18-24)32-27(34)19-7-3-1-4-8-19/h1-18,31H,(H,32,34). The number of nitrogens with one attached hydrogen (secondary N) is 2. The van der Waals surface area contributed by atoms with Gasteiger partial charge in [0.15, 0.2) is 0 Å². The number of imide groups is 1. The van der Waals surface area contributed by atoms with Crippen molar-refractivity contribution in [2.45, 2.75) is 4.90 Å².